The Labute approximate surface area is 245 Å². The number of anilines is 1. The van der Waals surface area contributed by atoms with Crippen molar-refractivity contribution >= 4 is 17.5 Å². The van der Waals surface area contributed by atoms with Crippen LogP contribution in [0.25, 0.3) is 22.5 Å². The SMILES string of the molecule is C/C=C(\C=C/N)N1CCN(Cc2ccc(-c3n[nH]c4c3C(=O)c3c(NC(=O)NN5CCOCC5)cccc3-4)cc2)CC1. The van der Waals surface area contributed by atoms with Crippen LogP contribution in [0.3, 0.4) is 0 Å². The van der Waals surface area contributed by atoms with Crippen molar-refractivity contribution in [1.29, 1.82) is 0 Å². The average molecular weight is 569 g/mol. The van der Waals surface area contributed by atoms with Crippen LogP contribution >= 0.6 is 0 Å². The molecule has 0 spiro atoms. The minimum atomic E-state index is -0.390. The highest BCUT2D eigenvalue weighted by atomic mass is 16.5. The van der Waals surface area contributed by atoms with Crippen LogP contribution in [0.5, 0.6) is 0 Å². The van der Waals surface area contributed by atoms with E-state index in [1.807, 2.05) is 37.3 Å². The maximum absolute atomic E-state index is 13.7. The first-order chi connectivity index (χ1) is 20.6. The fourth-order valence-electron chi connectivity index (χ4n) is 5.84. The van der Waals surface area contributed by atoms with E-state index in [4.69, 9.17) is 10.5 Å². The minimum Gasteiger partial charge on any atom is -0.405 e. The lowest BCUT2D eigenvalue weighted by molar-refractivity contribution is 0.0207. The predicted octanol–water partition coefficient (Wildman–Crippen LogP) is 3.15. The fourth-order valence-corrected chi connectivity index (χ4v) is 5.84. The molecule has 3 heterocycles. The van der Waals surface area contributed by atoms with E-state index in [0.29, 0.717) is 54.5 Å². The van der Waals surface area contributed by atoms with Gasteiger partial charge in [-0.05, 0) is 30.8 Å². The molecule has 0 saturated carbocycles. The molecule has 1 aliphatic carbocycles. The number of nitrogens with one attached hydrogen (secondary N) is 3. The van der Waals surface area contributed by atoms with Gasteiger partial charge < -0.3 is 20.7 Å². The third-order valence-corrected chi connectivity index (χ3v) is 8.01. The van der Waals surface area contributed by atoms with Crippen molar-refractivity contribution in [2.75, 3.05) is 57.8 Å². The van der Waals surface area contributed by atoms with Crippen LogP contribution in [0.15, 0.2) is 66.5 Å². The van der Waals surface area contributed by atoms with Crippen molar-refractivity contribution in [3.05, 3.63) is 83.2 Å². The number of urea groups is 1. The quantitative estimate of drug-likeness (QED) is 0.250. The van der Waals surface area contributed by atoms with E-state index in [1.54, 1.807) is 17.3 Å². The molecule has 0 bridgehead atoms. The standard InChI is InChI=1S/C31H36N8O3/c1-2-23(10-11-32)38-14-12-37(13-15-38)20-21-6-8-22(9-7-21)28-27-29(35-34-28)24-4-3-5-25(26(24)30(27)40)33-31(41)36-39-16-18-42-19-17-39/h2-11H,12-20,32H2,1H3,(H,34,35)(H2,33,36,41)/b11-10-,23-2+. The van der Waals surface area contributed by atoms with E-state index >= 15 is 0 Å². The molecule has 42 heavy (non-hydrogen) atoms. The van der Waals surface area contributed by atoms with Gasteiger partial charge in [-0.3, -0.25) is 20.2 Å². The first kappa shape index (κ1) is 27.7. The van der Waals surface area contributed by atoms with E-state index < -0.39 is 6.03 Å². The fraction of sp³-hybridized carbons (Fsp3) is 0.323. The highest BCUT2D eigenvalue weighted by Gasteiger charge is 2.35. The lowest BCUT2D eigenvalue weighted by atomic mass is 10.0. The van der Waals surface area contributed by atoms with Gasteiger partial charge >= 0.3 is 6.03 Å². The molecule has 218 valence electrons. The number of piperazine rings is 1. The second-order valence-electron chi connectivity index (χ2n) is 10.6. The number of hydrogen-bond acceptors (Lipinski definition) is 8. The first-order valence-electron chi connectivity index (χ1n) is 14.3. The molecule has 11 heteroatoms. The van der Waals surface area contributed by atoms with Gasteiger partial charge in [-0.15, -0.1) is 0 Å². The van der Waals surface area contributed by atoms with Gasteiger partial charge in [0.15, 0.2) is 5.78 Å². The van der Waals surface area contributed by atoms with E-state index in [9.17, 15) is 9.59 Å². The Morgan fingerprint density at radius 3 is 2.52 bits per heavy atom. The second kappa shape index (κ2) is 12.2. The number of nitrogens with zero attached hydrogens (tertiary/aromatic N) is 4. The summed E-state index contributed by atoms with van der Waals surface area (Å²) in [5, 5.41) is 12.3. The summed E-state index contributed by atoms with van der Waals surface area (Å²) in [5.74, 6) is -0.155. The maximum Gasteiger partial charge on any atom is 0.333 e. The molecule has 2 aromatic carbocycles. The van der Waals surface area contributed by atoms with Gasteiger partial charge in [0.1, 0.15) is 5.69 Å². The number of carbonyl (C=O) groups is 2. The van der Waals surface area contributed by atoms with Gasteiger partial charge in [0.05, 0.1) is 35.7 Å². The van der Waals surface area contributed by atoms with Crippen LogP contribution in [0, 0.1) is 0 Å². The number of allylic oxidation sites excluding steroid dienone is 2. The van der Waals surface area contributed by atoms with Crippen molar-refractivity contribution in [2.24, 2.45) is 5.73 Å². The van der Waals surface area contributed by atoms with Crippen LogP contribution in [-0.4, -0.2) is 89.3 Å². The normalized spacial score (nSPS) is 17.9. The largest absolute Gasteiger partial charge is 0.405 e. The van der Waals surface area contributed by atoms with Crippen molar-refractivity contribution < 1.29 is 14.3 Å². The molecule has 3 aromatic rings. The molecule has 0 atom stereocenters. The molecule has 11 nitrogen and oxygen atoms in total. The Balaban J connectivity index is 1.13. The first-order valence-corrected chi connectivity index (χ1v) is 14.3. The monoisotopic (exact) mass is 568 g/mol. The number of hydrogen-bond donors (Lipinski definition) is 4. The van der Waals surface area contributed by atoms with Crippen molar-refractivity contribution in [2.45, 2.75) is 13.5 Å². The Morgan fingerprint density at radius 2 is 1.81 bits per heavy atom. The van der Waals surface area contributed by atoms with Gasteiger partial charge in [0.2, 0.25) is 0 Å². The molecule has 2 fully saturated rings. The summed E-state index contributed by atoms with van der Waals surface area (Å²) in [6.07, 6.45) is 5.63. The zero-order valence-corrected chi connectivity index (χ0v) is 23.7. The third-order valence-electron chi connectivity index (χ3n) is 8.01. The van der Waals surface area contributed by atoms with Gasteiger partial charge in [0, 0.05) is 62.6 Å². The average Bonchev–Trinajstić information content (AvgIpc) is 3.57. The smallest absolute Gasteiger partial charge is 0.333 e. The number of H-pyrrole nitrogens is 1. The van der Waals surface area contributed by atoms with Crippen LogP contribution in [0.1, 0.15) is 28.4 Å². The summed E-state index contributed by atoms with van der Waals surface area (Å²) in [6.45, 7) is 9.09. The predicted molar refractivity (Wildman–Crippen MR) is 161 cm³/mol. The number of morpholine rings is 1. The highest BCUT2D eigenvalue weighted by molar-refractivity contribution is 6.26. The van der Waals surface area contributed by atoms with Crippen molar-refractivity contribution in [3.8, 4) is 22.5 Å². The van der Waals surface area contributed by atoms with Crippen molar-refractivity contribution in [1.82, 2.24) is 30.4 Å². The molecule has 2 aliphatic heterocycles. The number of fused-ring (bicyclic) bond motifs is 3. The van der Waals surface area contributed by atoms with Gasteiger partial charge in [-0.25, -0.2) is 9.80 Å². The second-order valence-corrected chi connectivity index (χ2v) is 10.6. The summed E-state index contributed by atoms with van der Waals surface area (Å²) in [7, 11) is 0. The molecule has 2 saturated heterocycles. The van der Waals surface area contributed by atoms with Gasteiger partial charge in [0.25, 0.3) is 0 Å². The molecule has 1 aromatic heterocycles. The Hall–Kier alpha value is -4.45. The molecule has 0 unspecified atom stereocenters. The maximum atomic E-state index is 13.7. The zero-order chi connectivity index (χ0) is 29.1. The molecule has 0 radical (unpaired) electrons. The molecule has 2 amide bonds. The topological polar surface area (TPSA) is 132 Å². The van der Waals surface area contributed by atoms with Crippen molar-refractivity contribution in [3.63, 3.8) is 0 Å². The number of nitrogens with two attached hydrogens (primary N) is 1. The summed E-state index contributed by atoms with van der Waals surface area (Å²) >= 11 is 0. The number of ketones is 1. The van der Waals surface area contributed by atoms with E-state index in [1.165, 1.54) is 5.56 Å². The lowest BCUT2D eigenvalue weighted by Gasteiger charge is -2.36. The molecular formula is C31H36N8O3. The van der Waals surface area contributed by atoms with E-state index in [0.717, 1.165) is 49.5 Å². The zero-order valence-electron chi connectivity index (χ0n) is 23.7. The van der Waals surface area contributed by atoms with Crippen LogP contribution in [-0.2, 0) is 11.3 Å². The number of carbonyl (C=O) groups excluding carboxylic acids is 2. The van der Waals surface area contributed by atoms with E-state index in [-0.39, 0.29) is 5.78 Å². The van der Waals surface area contributed by atoms with Gasteiger partial charge in [-0.1, -0.05) is 42.5 Å². The summed E-state index contributed by atoms with van der Waals surface area (Å²) in [6, 6.07) is 13.3. The number of hydrazine groups is 1. The third kappa shape index (κ3) is 5.54. The number of aromatic nitrogens is 2. The molecule has 6 rings (SSSR count). The van der Waals surface area contributed by atoms with Crippen LogP contribution in [0.4, 0.5) is 10.5 Å². The Kier molecular flexibility index (Phi) is 8.04. The molecular weight excluding hydrogens is 532 g/mol. The number of benzene rings is 2. The van der Waals surface area contributed by atoms with Crippen LogP contribution < -0.4 is 16.5 Å². The Morgan fingerprint density at radius 1 is 1.05 bits per heavy atom. The number of ether oxygens (including phenoxy) is 1. The van der Waals surface area contributed by atoms with Gasteiger partial charge in [-0.2, -0.15) is 5.10 Å². The number of rotatable bonds is 7. The number of aromatic amines is 1. The molecule has 3 aliphatic rings. The molecule has 5 N–H and O–H groups in total. The summed E-state index contributed by atoms with van der Waals surface area (Å²) in [4.78, 5) is 31.2. The summed E-state index contributed by atoms with van der Waals surface area (Å²) < 4.78 is 5.33. The Bertz CT molecular complexity index is 1510. The summed E-state index contributed by atoms with van der Waals surface area (Å²) in [5.41, 5.74) is 15.1. The minimum absolute atomic E-state index is 0.155. The van der Waals surface area contributed by atoms with Crippen LogP contribution in [0.2, 0.25) is 0 Å². The number of amides is 2. The highest BCUT2D eigenvalue weighted by Crippen LogP contribution is 2.42. The lowest BCUT2D eigenvalue weighted by Crippen LogP contribution is -2.49. The van der Waals surface area contributed by atoms with E-state index in [2.05, 4.69) is 48.9 Å².